The van der Waals surface area contributed by atoms with Gasteiger partial charge in [-0.1, -0.05) is 142 Å². The highest BCUT2D eigenvalue weighted by molar-refractivity contribution is 6.05. The molecular weight excluding hydrogens is 633 g/mol. The Morgan fingerprint density at radius 2 is 0.538 bits per heavy atom. The molecule has 0 saturated heterocycles. The van der Waals surface area contributed by atoms with Crippen LogP contribution in [0, 0.1) is 13.8 Å². The van der Waals surface area contributed by atoms with Crippen LogP contribution in [-0.2, 0) is 0 Å². The highest BCUT2D eigenvalue weighted by Gasteiger charge is 2.12. The van der Waals surface area contributed by atoms with E-state index >= 15 is 0 Å². The van der Waals surface area contributed by atoms with Gasteiger partial charge in [0.1, 0.15) is 0 Å². The summed E-state index contributed by atoms with van der Waals surface area (Å²) < 4.78 is 0. The van der Waals surface area contributed by atoms with E-state index in [2.05, 4.69) is 159 Å². The summed E-state index contributed by atoms with van der Waals surface area (Å²) in [5.74, 6) is 0. The minimum atomic E-state index is 0.898. The van der Waals surface area contributed by atoms with Crippen LogP contribution in [0.25, 0.3) is 88.6 Å². The lowest BCUT2D eigenvalue weighted by molar-refractivity contribution is 1.35. The van der Waals surface area contributed by atoms with Crippen molar-refractivity contribution in [3.8, 4) is 45.0 Å². The molecule has 5 aromatic carbocycles. The normalized spacial score (nSPS) is 10.9. The average molecular weight is 675 g/mol. The van der Waals surface area contributed by atoms with E-state index < -0.39 is 0 Å². The minimum Gasteiger partial charge on any atom is -0.245 e. The van der Waals surface area contributed by atoms with E-state index in [0.29, 0.717) is 0 Å². The molecule has 0 unspecified atom stereocenters. The number of hydrogen-bond donors (Lipinski definition) is 0. The van der Waals surface area contributed by atoms with Crippen molar-refractivity contribution < 1.29 is 0 Å². The molecule has 9 aromatic rings. The summed E-state index contributed by atoms with van der Waals surface area (Å²) in [5.41, 5.74) is 14.0. The van der Waals surface area contributed by atoms with Gasteiger partial charge in [0, 0.05) is 43.8 Å². The molecule has 0 fully saturated rings. The Hall–Kier alpha value is -6.26. The number of aryl methyl sites for hydroxylation is 2. The number of fused-ring (bicyclic) bond motifs is 6. The van der Waals surface area contributed by atoms with Gasteiger partial charge in [0.15, 0.2) is 0 Å². The summed E-state index contributed by atoms with van der Waals surface area (Å²) in [6.45, 7) is 12.2. The van der Waals surface area contributed by atoms with Crippen molar-refractivity contribution in [2.24, 2.45) is 0 Å². The quantitative estimate of drug-likeness (QED) is 0.174. The molecule has 4 heterocycles. The molecule has 0 bridgehead atoms. The Bertz CT molecular complexity index is 2530. The summed E-state index contributed by atoms with van der Waals surface area (Å²) in [4.78, 5) is 20.6. The molecule has 254 valence electrons. The molecule has 0 N–H and O–H groups in total. The van der Waals surface area contributed by atoms with Crippen LogP contribution in [0.2, 0.25) is 0 Å². The first-order valence-electron chi connectivity index (χ1n) is 18.2. The Kier molecular flexibility index (Phi) is 9.81. The predicted molar refractivity (Wildman–Crippen MR) is 222 cm³/mol. The smallest absolute Gasteiger partial charge is 0.0972 e. The fourth-order valence-electron chi connectivity index (χ4n) is 6.63. The molecule has 0 atom stereocenters. The number of benzene rings is 5. The predicted octanol–water partition coefficient (Wildman–Crippen LogP) is 13.2. The van der Waals surface area contributed by atoms with Crippen molar-refractivity contribution in [1.82, 2.24) is 19.9 Å². The zero-order chi connectivity index (χ0) is 36.2. The van der Waals surface area contributed by atoms with Gasteiger partial charge in [-0.05, 0) is 56.3 Å². The van der Waals surface area contributed by atoms with Gasteiger partial charge in [0.2, 0.25) is 0 Å². The molecule has 0 aliphatic carbocycles. The fourth-order valence-corrected chi connectivity index (χ4v) is 6.63. The number of nitrogens with zero attached hydrogens (tertiary/aromatic N) is 4. The van der Waals surface area contributed by atoms with Gasteiger partial charge in [-0.15, -0.1) is 0 Å². The molecule has 0 aliphatic rings. The van der Waals surface area contributed by atoms with Gasteiger partial charge < -0.3 is 0 Å². The maximum absolute atomic E-state index is 5.20. The SMILES string of the molecule is CC.CC.Cc1cccc(-c2ccc3ccc4ccc(-c5cccc(-c6ccc7ccc8ccc(-c9cccc(C)c9)nc8c7n6)c5)nc4c3n2)c1. The van der Waals surface area contributed by atoms with E-state index in [-0.39, 0.29) is 0 Å². The molecule has 4 aromatic heterocycles. The van der Waals surface area contributed by atoms with Crippen LogP contribution in [0.3, 0.4) is 0 Å². The number of aromatic nitrogens is 4. The molecule has 4 nitrogen and oxygen atoms in total. The van der Waals surface area contributed by atoms with E-state index in [4.69, 9.17) is 19.9 Å². The van der Waals surface area contributed by atoms with Crippen molar-refractivity contribution in [2.45, 2.75) is 41.5 Å². The maximum atomic E-state index is 5.20. The minimum absolute atomic E-state index is 0.898. The van der Waals surface area contributed by atoms with Crippen LogP contribution < -0.4 is 0 Å². The van der Waals surface area contributed by atoms with E-state index in [1.54, 1.807) is 0 Å². The topological polar surface area (TPSA) is 51.6 Å². The Labute approximate surface area is 305 Å². The molecule has 0 aliphatic heterocycles. The lowest BCUT2D eigenvalue weighted by atomic mass is 10.0. The Morgan fingerprint density at radius 3 is 0.827 bits per heavy atom. The number of hydrogen-bond acceptors (Lipinski definition) is 4. The van der Waals surface area contributed by atoms with E-state index in [0.717, 1.165) is 88.6 Å². The summed E-state index contributed by atoms with van der Waals surface area (Å²) in [5, 5.41) is 4.28. The van der Waals surface area contributed by atoms with Crippen molar-refractivity contribution in [2.75, 3.05) is 0 Å². The molecule has 0 amide bonds. The van der Waals surface area contributed by atoms with Crippen LogP contribution >= 0.6 is 0 Å². The van der Waals surface area contributed by atoms with Crippen LogP contribution in [-0.4, -0.2) is 19.9 Å². The molecular formula is C48H42N4. The lowest BCUT2D eigenvalue weighted by Crippen LogP contribution is -1.92. The molecule has 0 spiro atoms. The second kappa shape index (κ2) is 14.9. The Morgan fingerprint density at radius 1 is 0.288 bits per heavy atom. The molecule has 0 saturated carbocycles. The third kappa shape index (κ3) is 6.63. The molecule has 52 heavy (non-hydrogen) atoms. The van der Waals surface area contributed by atoms with Gasteiger partial charge in [0.05, 0.1) is 44.8 Å². The maximum Gasteiger partial charge on any atom is 0.0972 e. The third-order valence-electron chi connectivity index (χ3n) is 9.12. The summed E-state index contributed by atoms with van der Waals surface area (Å²) in [7, 11) is 0. The lowest BCUT2D eigenvalue weighted by Gasteiger charge is -2.10. The number of pyridine rings is 4. The van der Waals surface area contributed by atoms with Crippen molar-refractivity contribution in [3.05, 3.63) is 157 Å². The first kappa shape index (κ1) is 34.2. The molecule has 0 radical (unpaired) electrons. The van der Waals surface area contributed by atoms with Crippen LogP contribution in [0.15, 0.2) is 146 Å². The van der Waals surface area contributed by atoms with Crippen LogP contribution in [0.5, 0.6) is 0 Å². The second-order valence-electron chi connectivity index (χ2n) is 12.5. The van der Waals surface area contributed by atoms with Crippen LogP contribution in [0.1, 0.15) is 38.8 Å². The van der Waals surface area contributed by atoms with Gasteiger partial charge in [-0.25, -0.2) is 19.9 Å². The van der Waals surface area contributed by atoms with Crippen LogP contribution in [0.4, 0.5) is 0 Å². The summed E-state index contributed by atoms with van der Waals surface area (Å²) in [6.07, 6.45) is 0. The van der Waals surface area contributed by atoms with Crippen molar-refractivity contribution in [1.29, 1.82) is 0 Å². The summed E-state index contributed by atoms with van der Waals surface area (Å²) >= 11 is 0. The van der Waals surface area contributed by atoms with Gasteiger partial charge >= 0.3 is 0 Å². The fraction of sp³-hybridized carbons (Fsp3) is 0.125. The first-order chi connectivity index (χ1) is 25.6. The van der Waals surface area contributed by atoms with Gasteiger partial charge in [-0.2, -0.15) is 0 Å². The third-order valence-corrected chi connectivity index (χ3v) is 9.12. The zero-order valence-corrected chi connectivity index (χ0v) is 30.6. The highest BCUT2D eigenvalue weighted by atomic mass is 14.8. The van der Waals surface area contributed by atoms with Crippen molar-refractivity contribution >= 4 is 43.6 Å². The second-order valence-corrected chi connectivity index (χ2v) is 12.5. The molecule has 9 rings (SSSR count). The van der Waals surface area contributed by atoms with Crippen molar-refractivity contribution in [3.63, 3.8) is 0 Å². The zero-order valence-electron chi connectivity index (χ0n) is 30.6. The van der Waals surface area contributed by atoms with E-state index in [1.165, 1.54) is 11.1 Å². The monoisotopic (exact) mass is 674 g/mol. The van der Waals surface area contributed by atoms with E-state index in [1.807, 2.05) is 27.7 Å². The first-order valence-corrected chi connectivity index (χ1v) is 18.2. The average Bonchev–Trinajstić information content (AvgIpc) is 3.21. The standard InChI is InChI=1S/C44H30N4.2C2H6/c1-27-6-3-8-33(24-27)37-20-16-29-12-14-31-18-22-39(47-43(31)41(29)45-37)35-10-5-11-36(26-35)40-23-19-32-15-13-30-17-21-38(46-42(30)44(32)48-40)34-9-4-7-28(2)25-34;2*1-2/h3-26H,1-2H3;2*1-2H3. The molecule has 4 heteroatoms. The van der Waals surface area contributed by atoms with E-state index in [9.17, 15) is 0 Å². The number of rotatable bonds is 4. The van der Waals surface area contributed by atoms with Gasteiger partial charge in [-0.3, -0.25) is 0 Å². The Balaban J connectivity index is 0.00000102. The van der Waals surface area contributed by atoms with Gasteiger partial charge in [0.25, 0.3) is 0 Å². The largest absolute Gasteiger partial charge is 0.245 e. The summed E-state index contributed by atoms with van der Waals surface area (Å²) in [6, 6.07) is 50.9. The highest BCUT2D eigenvalue weighted by Crippen LogP contribution is 2.32.